The van der Waals surface area contributed by atoms with Crippen molar-refractivity contribution in [2.24, 2.45) is 5.73 Å². The Morgan fingerprint density at radius 2 is 1.06 bits per heavy atom. The molecule has 0 aliphatic heterocycles. The number of allylic oxidation sites excluding steroid dienone is 8. The Morgan fingerprint density at radius 1 is 0.585 bits per heavy atom. The van der Waals surface area contributed by atoms with Gasteiger partial charge in [0.25, 0.3) is 0 Å². The Balaban J connectivity index is 4.05. The number of esters is 1. The van der Waals surface area contributed by atoms with Crippen molar-refractivity contribution in [2.75, 3.05) is 33.0 Å². The minimum absolute atomic E-state index is 0.0964. The van der Waals surface area contributed by atoms with Crippen LogP contribution in [0, 0.1) is 0 Å². The minimum Gasteiger partial charge on any atom is -0.457 e. The van der Waals surface area contributed by atoms with Crippen molar-refractivity contribution in [2.45, 2.75) is 193 Å². The maximum atomic E-state index is 12.6. The van der Waals surface area contributed by atoms with Crippen molar-refractivity contribution in [3.8, 4) is 0 Å². The van der Waals surface area contributed by atoms with E-state index in [1.54, 1.807) is 0 Å². The normalized spacial score (nSPS) is 14.0. The SMILES string of the molecule is CC/C=C\C/C=C\C/C=C\CCCCCCCCCCOCC(COP(=O)(O)OCCN)OC(=O)CCCCCCC/C=C\CCCCCCCCC. The fourth-order valence-corrected chi connectivity index (χ4v) is 6.59. The van der Waals surface area contributed by atoms with E-state index in [1.165, 1.54) is 96.3 Å². The monoisotopic (exact) mass is 768 g/mol. The molecule has 2 atom stereocenters. The van der Waals surface area contributed by atoms with E-state index in [4.69, 9.17) is 24.3 Å². The number of rotatable bonds is 41. The molecule has 0 bridgehead atoms. The van der Waals surface area contributed by atoms with Crippen molar-refractivity contribution < 1.29 is 32.8 Å². The summed E-state index contributed by atoms with van der Waals surface area (Å²) in [6.07, 6.45) is 48.4. The molecule has 0 spiro atoms. The zero-order chi connectivity index (χ0) is 38.8. The molecule has 0 aliphatic rings. The molecule has 0 aromatic rings. The zero-order valence-electron chi connectivity index (χ0n) is 34.2. The Labute approximate surface area is 326 Å². The van der Waals surface area contributed by atoms with Crippen molar-refractivity contribution in [3.63, 3.8) is 0 Å². The lowest BCUT2D eigenvalue weighted by atomic mass is 10.1. The van der Waals surface area contributed by atoms with E-state index in [1.807, 2.05) is 0 Å². The van der Waals surface area contributed by atoms with Crippen LogP contribution in [0.5, 0.6) is 0 Å². The highest BCUT2D eigenvalue weighted by Gasteiger charge is 2.25. The van der Waals surface area contributed by atoms with Gasteiger partial charge in [-0.05, 0) is 70.6 Å². The topological polar surface area (TPSA) is 117 Å². The highest BCUT2D eigenvalue weighted by molar-refractivity contribution is 7.47. The molecule has 0 heterocycles. The van der Waals surface area contributed by atoms with Gasteiger partial charge in [-0.1, -0.05) is 159 Å². The summed E-state index contributed by atoms with van der Waals surface area (Å²) < 4.78 is 33.4. The van der Waals surface area contributed by atoms with Gasteiger partial charge in [0.2, 0.25) is 0 Å². The van der Waals surface area contributed by atoms with Crippen LogP contribution in [-0.4, -0.2) is 49.9 Å². The van der Waals surface area contributed by atoms with Crippen molar-refractivity contribution in [1.82, 2.24) is 0 Å². The van der Waals surface area contributed by atoms with Crippen molar-refractivity contribution >= 4 is 13.8 Å². The Bertz CT molecular complexity index is 952. The summed E-state index contributed by atoms with van der Waals surface area (Å²) >= 11 is 0. The minimum atomic E-state index is -4.28. The van der Waals surface area contributed by atoms with Gasteiger partial charge in [0.1, 0.15) is 6.10 Å². The van der Waals surface area contributed by atoms with E-state index in [0.717, 1.165) is 70.6 Å². The first-order valence-electron chi connectivity index (χ1n) is 21.6. The Kier molecular flexibility index (Phi) is 40.4. The van der Waals surface area contributed by atoms with Gasteiger partial charge in [-0.3, -0.25) is 13.8 Å². The van der Waals surface area contributed by atoms with Crippen LogP contribution in [0.15, 0.2) is 48.6 Å². The number of carbonyl (C=O) groups is 1. The van der Waals surface area contributed by atoms with Gasteiger partial charge in [0.05, 0.1) is 19.8 Å². The van der Waals surface area contributed by atoms with E-state index in [0.29, 0.717) is 13.0 Å². The van der Waals surface area contributed by atoms with Gasteiger partial charge in [0.15, 0.2) is 0 Å². The summed E-state index contributed by atoms with van der Waals surface area (Å²) in [5.41, 5.74) is 5.37. The third kappa shape index (κ3) is 41.5. The molecule has 0 saturated heterocycles. The zero-order valence-corrected chi connectivity index (χ0v) is 35.1. The lowest BCUT2D eigenvalue weighted by molar-refractivity contribution is -0.154. The first kappa shape index (κ1) is 51.5. The highest BCUT2D eigenvalue weighted by Crippen LogP contribution is 2.43. The van der Waals surface area contributed by atoms with E-state index in [-0.39, 0.29) is 32.3 Å². The van der Waals surface area contributed by atoms with Gasteiger partial charge < -0.3 is 20.1 Å². The first-order chi connectivity index (χ1) is 25.9. The lowest BCUT2D eigenvalue weighted by Crippen LogP contribution is -2.28. The summed E-state index contributed by atoms with van der Waals surface area (Å²) in [6, 6.07) is 0. The summed E-state index contributed by atoms with van der Waals surface area (Å²) in [5, 5.41) is 0. The van der Waals surface area contributed by atoms with Crippen molar-refractivity contribution in [1.29, 1.82) is 0 Å². The molecule has 9 heteroatoms. The van der Waals surface area contributed by atoms with Gasteiger partial charge in [0, 0.05) is 19.6 Å². The molecule has 0 aromatic carbocycles. The molecular formula is C44H82NO7P. The average Bonchev–Trinajstić information content (AvgIpc) is 3.15. The second-order valence-corrected chi connectivity index (χ2v) is 15.6. The average molecular weight is 768 g/mol. The summed E-state index contributed by atoms with van der Waals surface area (Å²) in [6.45, 7) is 4.79. The van der Waals surface area contributed by atoms with Gasteiger partial charge in [-0.25, -0.2) is 4.57 Å². The third-order valence-corrected chi connectivity index (χ3v) is 9.96. The molecule has 8 nitrogen and oxygen atoms in total. The van der Waals surface area contributed by atoms with Crippen LogP contribution < -0.4 is 5.73 Å². The molecule has 310 valence electrons. The molecule has 0 amide bonds. The van der Waals surface area contributed by atoms with Gasteiger partial charge >= 0.3 is 13.8 Å². The Hall–Kier alpha value is -1.54. The molecule has 0 fully saturated rings. The molecule has 0 saturated carbocycles. The van der Waals surface area contributed by atoms with E-state index < -0.39 is 13.9 Å². The second-order valence-electron chi connectivity index (χ2n) is 14.2. The summed E-state index contributed by atoms with van der Waals surface area (Å²) in [5.74, 6) is -0.342. The van der Waals surface area contributed by atoms with Crippen molar-refractivity contribution in [3.05, 3.63) is 48.6 Å². The predicted octanol–water partition coefficient (Wildman–Crippen LogP) is 12.8. The van der Waals surface area contributed by atoms with Crippen LogP contribution in [-0.2, 0) is 27.9 Å². The standard InChI is InChI=1S/C44H82NO7P/c1-3-5-7-9-11-13-15-17-19-21-22-24-26-28-30-32-34-36-39-49-41-43(42-51-53(47,48)50-40-38-45)52-44(46)37-35-33-31-29-27-25-23-20-18-16-14-12-10-8-6-4-2/h5,7,11,13,17,19-20,23,43H,3-4,6,8-10,12,14-16,18,21-22,24-42,45H2,1-2H3,(H,47,48)/b7-5-,13-11-,19-17-,23-20-. The Morgan fingerprint density at radius 3 is 1.60 bits per heavy atom. The number of carbonyl (C=O) groups excluding carboxylic acids is 1. The fraction of sp³-hybridized carbons (Fsp3) is 0.795. The second kappa shape index (κ2) is 41.6. The van der Waals surface area contributed by atoms with E-state index >= 15 is 0 Å². The molecule has 0 aliphatic carbocycles. The fourth-order valence-electron chi connectivity index (χ4n) is 5.83. The number of hydrogen-bond donors (Lipinski definition) is 2. The number of phosphoric ester groups is 1. The maximum Gasteiger partial charge on any atom is 0.472 e. The first-order valence-corrected chi connectivity index (χ1v) is 23.1. The van der Waals surface area contributed by atoms with Crippen LogP contribution >= 0.6 is 7.82 Å². The molecule has 2 unspecified atom stereocenters. The number of unbranched alkanes of at least 4 members (excludes halogenated alkanes) is 20. The summed E-state index contributed by atoms with van der Waals surface area (Å²) in [4.78, 5) is 22.5. The van der Waals surface area contributed by atoms with E-state index in [9.17, 15) is 14.3 Å². The quantitative estimate of drug-likeness (QED) is 0.0273. The number of hydrogen-bond acceptors (Lipinski definition) is 7. The van der Waals surface area contributed by atoms with Gasteiger partial charge in [-0.2, -0.15) is 0 Å². The predicted molar refractivity (Wildman–Crippen MR) is 224 cm³/mol. The molecule has 0 rings (SSSR count). The molecular weight excluding hydrogens is 685 g/mol. The number of phosphoric acid groups is 1. The van der Waals surface area contributed by atoms with Crippen LogP contribution in [0.4, 0.5) is 0 Å². The van der Waals surface area contributed by atoms with Crippen LogP contribution in [0.25, 0.3) is 0 Å². The molecule has 0 aromatic heterocycles. The van der Waals surface area contributed by atoms with Gasteiger partial charge in [-0.15, -0.1) is 0 Å². The number of nitrogens with two attached hydrogens (primary N) is 1. The number of ether oxygens (including phenoxy) is 2. The lowest BCUT2D eigenvalue weighted by Gasteiger charge is -2.20. The highest BCUT2D eigenvalue weighted by atomic mass is 31.2. The molecule has 53 heavy (non-hydrogen) atoms. The maximum absolute atomic E-state index is 12.6. The van der Waals surface area contributed by atoms with Crippen LogP contribution in [0.2, 0.25) is 0 Å². The van der Waals surface area contributed by atoms with E-state index in [2.05, 4.69) is 62.5 Å². The third-order valence-electron chi connectivity index (χ3n) is 8.98. The summed E-state index contributed by atoms with van der Waals surface area (Å²) in [7, 11) is -4.28. The molecule has 0 radical (unpaired) electrons. The smallest absolute Gasteiger partial charge is 0.457 e. The van der Waals surface area contributed by atoms with Crippen LogP contribution in [0.1, 0.15) is 187 Å². The van der Waals surface area contributed by atoms with Crippen LogP contribution in [0.3, 0.4) is 0 Å². The largest absolute Gasteiger partial charge is 0.472 e. The molecule has 3 N–H and O–H groups in total.